The topological polar surface area (TPSA) is 47.0 Å². The second-order valence-electron chi connectivity index (χ2n) is 3.27. The van der Waals surface area contributed by atoms with E-state index in [9.17, 15) is 0 Å². The van der Waals surface area contributed by atoms with Gasteiger partial charge in [-0.15, -0.1) is 0 Å². The molecular formula is C11H8BrCl2N3O. The maximum absolute atomic E-state index is 6.05. The van der Waals surface area contributed by atoms with Gasteiger partial charge in [0.15, 0.2) is 0 Å². The molecule has 1 aromatic carbocycles. The van der Waals surface area contributed by atoms with E-state index in [0.717, 1.165) is 4.47 Å². The van der Waals surface area contributed by atoms with Crippen molar-refractivity contribution >= 4 is 45.1 Å². The largest absolute Gasteiger partial charge is 0.436 e. The molecule has 0 unspecified atom stereocenters. The van der Waals surface area contributed by atoms with E-state index >= 15 is 0 Å². The Labute approximate surface area is 122 Å². The summed E-state index contributed by atoms with van der Waals surface area (Å²) in [6.45, 7) is 0. The number of benzene rings is 1. The van der Waals surface area contributed by atoms with Crippen molar-refractivity contribution in [1.29, 1.82) is 0 Å². The van der Waals surface area contributed by atoms with Crippen LogP contribution >= 0.6 is 39.1 Å². The van der Waals surface area contributed by atoms with E-state index < -0.39 is 0 Å². The summed E-state index contributed by atoms with van der Waals surface area (Å²) in [5.41, 5.74) is 0. The average Bonchev–Trinajstić information content (AvgIpc) is 2.35. The Kier molecular flexibility index (Phi) is 4.27. The molecule has 0 aliphatic heterocycles. The number of hydrogen-bond donors (Lipinski definition) is 1. The molecule has 0 saturated carbocycles. The maximum Gasteiger partial charge on any atom is 0.243 e. The molecule has 1 aromatic heterocycles. The van der Waals surface area contributed by atoms with Crippen LogP contribution in [-0.4, -0.2) is 17.0 Å². The number of aromatic nitrogens is 2. The zero-order valence-corrected chi connectivity index (χ0v) is 12.3. The summed E-state index contributed by atoms with van der Waals surface area (Å²) < 4.78 is 6.43. The van der Waals surface area contributed by atoms with Crippen LogP contribution < -0.4 is 10.1 Å². The third kappa shape index (κ3) is 3.04. The van der Waals surface area contributed by atoms with Crippen LogP contribution in [0, 0.1) is 0 Å². The Hall–Kier alpha value is -1.04. The monoisotopic (exact) mass is 347 g/mol. The van der Waals surface area contributed by atoms with Crippen molar-refractivity contribution in [1.82, 2.24) is 9.97 Å². The van der Waals surface area contributed by atoms with Gasteiger partial charge in [0.1, 0.15) is 10.8 Å². The van der Waals surface area contributed by atoms with Crippen molar-refractivity contribution in [3.8, 4) is 11.6 Å². The second-order valence-corrected chi connectivity index (χ2v) is 5.00. The van der Waals surface area contributed by atoms with Gasteiger partial charge < -0.3 is 10.1 Å². The molecule has 0 atom stereocenters. The summed E-state index contributed by atoms with van der Waals surface area (Å²) in [7, 11) is 1.71. The molecule has 2 rings (SSSR count). The fourth-order valence-corrected chi connectivity index (χ4v) is 2.05. The lowest BCUT2D eigenvalue weighted by Gasteiger charge is -2.09. The van der Waals surface area contributed by atoms with Gasteiger partial charge in [-0.3, -0.25) is 0 Å². The van der Waals surface area contributed by atoms with E-state index in [4.69, 9.17) is 27.9 Å². The average molecular weight is 349 g/mol. The zero-order valence-electron chi connectivity index (χ0n) is 9.25. The predicted octanol–water partition coefficient (Wildman–Crippen LogP) is 4.38. The van der Waals surface area contributed by atoms with Crippen molar-refractivity contribution in [2.45, 2.75) is 0 Å². The summed E-state index contributed by atoms with van der Waals surface area (Å²) in [6, 6.07) is 5.27. The Morgan fingerprint density at radius 1 is 1.28 bits per heavy atom. The standard InChI is InChI=1S/C11H8BrCl2N3O/c1-15-11-16-5-8(14)10(17-11)18-9-3-2-6(12)4-7(9)13/h2-5H,1H3,(H,15,16,17). The lowest BCUT2D eigenvalue weighted by Crippen LogP contribution is -1.98. The zero-order chi connectivity index (χ0) is 13.1. The van der Waals surface area contributed by atoms with Crippen molar-refractivity contribution in [3.05, 3.63) is 38.9 Å². The van der Waals surface area contributed by atoms with Gasteiger partial charge in [0.05, 0.1) is 11.2 Å². The lowest BCUT2D eigenvalue weighted by atomic mass is 10.3. The molecule has 1 N–H and O–H groups in total. The highest BCUT2D eigenvalue weighted by atomic mass is 79.9. The first-order valence-corrected chi connectivity index (χ1v) is 6.48. The molecule has 4 nitrogen and oxygen atoms in total. The van der Waals surface area contributed by atoms with Crippen molar-refractivity contribution in [2.75, 3.05) is 12.4 Å². The molecular weight excluding hydrogens is 341 g/mol. The number of anilines is 1. The van der Waals surface area contributed by atoms with Crippen LogP contribution in [-0.2, 0) is 0 Å². The van der Waals surface area contributed by atoms with E-state index in [0.29, 0.717) is 21.7 Å². The number of halogens is 3. The van der Waals surface area contributed by atoms with Crippen LogP contribution in [0.2, 0.25) is 10.0 Å². The normalized spacial score (nSPS) is 10.2. The summed E-state index contributed by atoms with van der Waals surface area (Å²) >= 11 is 15.3. The van der Waals surface area contributed by atoms with Gasteiger partial charge in [-0.25, -0.2) is 4.98 Å². The highest BCUT2D eigenvalue weighted by Crippen LogP contribution is 2.33. The van der Waals surface area contributed by atoms with Gasteiger partial charge in [-0.2, -0.15) is 4.98 Å². The molecule has 2 aromatic rings. The minimum absolute atomic E-state index is 0.250. The van der Waals surface area contributed by atoms with E-state index in [1.54, 1.807) is 19.2 Å². The van der Waals surface area contributed by atoms with E-state index in [-0.39, 0.29) is 5.88 Å². The molecule has 0 aliphatic carbocycles. The molecule has 0 bridgehead atoms. The van der Waals surface area contributed by atoms with E-state index in [2.05, 4.69) is 31.2 Å². The molecule has 0 aliphatic rings. The highest BCUT2D eigenvalue weighted by molar-refractivity contribution is 9.10. The Morgan fingerprint density at radius 3 is 2.72 bits per heavy atom. The molecule has 0 spiro atoms. The molecule has 0 amide bonds. The van der Waals surface area contributed by atoms with Gasteiger partial charge in [0, 0.05) is 11.5 Å². The third-order valence-corrected chi connectivity index (χ3v) is 3.08. The maximum atomic E-state index is 6.05. The quantitative estimate of drug-likeness (QED) is 0.894. The molecule has 7 heteroatoms. The number of hydrogen-bond acceptors (Lipinski definition) is 4. The molecule has 94 valence electrons. The second kappa shape index (κ2) is 5.73. The predicted molar refractivity (Wildman–Crippen MR) is 75.8 cm³/mol. The number of nitrogens with zero attached hydrogens (tertiary/aromatic N) is 2. The van der Waals surface area contributed by atoms with E-state index in [1.165, 1.54) is 6.20 Å². The summed E-state index contributed by atoms with van der Waals surface area (Å²) in [5, 5.41) is 3.58. The van der Waals surface area contributed by atoms with Crippen LogP contribution in [0.15, 0.2) is 28.9 Å². The highest BCUT2D eigenvalue weighted by Gasteiger charge is 2.10. The SMILES string of the molecule is CNc1ncc(Cl)c(Oc2ccc(Br)cc2Cl)n1. The van der Waals surface area contributed by atoms with Gasteiger partial charge in [0.25, 0.3) is 0 Å². The minimum Gasteiger partial charge on any atom is -0.436 e. The first-order chi connectivity index (χ1) is 8.60. The van der Waals surface area contributed by atoms with Gasteiger partial charge in [-0.05, 0) is 18.2 Å². The lowest BCUT2D eigenvalue weighted by molar-refractivity contribution is 0.463. The van der Waals surface area contributed by atoms with Crippen LogP contribution in [0.1, 0.15) is 0 Å². The van der Waals surface area contributed by atoms with Crippen LogP contribution in [0.3, 0.4) is 0 Å². The Bertz CT molecular complexity index is 580. The van der Waals surface area contributed by atoms with Crippen LogP contribution in [0.5, 0.6) is 11.6 Å². The minimum atomic E-state index is 0.250. The van der Waals surface area contributed by atoms with E-state index in [1.807, 2.05) is 6.07 Å². The van der Waals surface area contributed by atoms with Gasteiger partial charge >= 0.3 is 0 Å². The van der Waals surface area contributed by atoms with Crippen LogP contribution in [0.4, 0.5) is 5.95 Å². The first-order valence-electron chi connectivity index (χ1n) is 4.93. The molecule has 0 saturated heterocycles. The van der Waals surface area contributed by atoms with Crippen molar-refractivity contribution < 1.29 is 4.74 Å². The smallest absolute Gasteiger partial charge is 0.243 e. The summed E-state index contributed by atoms with van der Waals surface area (Å²) in [6.07, 6.45) is 1.46. The number of ether oxygens (including phenoxy) is 1. The Balaban J connectivity index is 2.33. The van der Waals surface area contributed by atoms with Gasteiger partial charge in [0.2, 0.25) is 11.8 Å². The van der Waals surface area contributed by atoms with Gasteiger partial charge in [-0.1, -0.05) is 39.1 Å². The fraction of sp³-hybridized carbons (Fsp3) is 0.0909. The molecule has 0 fully saturated rings. The van der Waals surface area contributed by atoms with Crippen molar-refractivity contribution in [2.24, 2.45) is 0 Å². The molecule has 18 heavy (non-hydrogen) atoms. The third-order valence-electron chi connectivity index (χ3n) is 2.04. The first kappa shape index (κ1) is 13.4. The Morgan fingerprint density at radius 2 is 2.06 bits per heavy atom. The molecule has 0 radical (unpaired) electrons. The fourth-order valence-electron chi connectivity index (χ4n) is 1.21. The molecule has 1 heterocycles. The van der Waals surface area contributed by atoms with Crippen molar-refractivity contribution in [3.63, 3.8) is 0 Å². The summed E-state index contributed by atoms with van der Waals surface area (Å²) in [5.74, 6) is 1.14. The number of rotatable bonds is 3. The van der Waals surface area contributed by atoms with Crippen LogP contribution in [0.25, 0.3) is 0 Å². The summed E-state index contributed by atoms with van der Waals surface area (Å²) in [4.78, 5) is 8.06. The number of nitrogens with one attached hydrogen (secondary N) is 1.